The molecule has 2 rings (SSSR count). The minimum absolute atomic E-state index is 0.0824. The number of ether oxygens (including phenoxy) is 1. The first kappa shape index (κ1) is 14.2. The lowest BCUT2D eigenvalue weighted by Crippen LogP contribution is -2.05. The van der Waals surface area contributed by atoms with E-state index in [1.54, 1.807) is 18.3 Å². The van der Waals surface area contributed by atoms with Crippen LogP contribution in [0.2, 0.25) is 5.02 Å². The predicted octanol–water partition coefficient (Wildman–Crippen LogP) is 4.15. The van der Waals surface area contributed by atoms with Crippen LogP contribution < -0.4 is 10.1 Å². The van der Waals surface area contributed by atoms with E-state index in [1.165, 1.54) is 12.1 Å². The van der Waals surface area contributed by atoms with Crippen LogP contribution >= 0.6 is 27.5 Å². The second-order valence-corrected chi connectivity index (χ2v) is 5.16. The van der Waals surface area contributed by atoms with Crippen molar-refractivity contribution in [2.75, 3.05) is 7.05 Å². The molecule has 0 fully saturated rings. The van der Waals surface area contributed by atoms with Crippen LogP contribution in [0.3, 0.4) is 0 Å². The molecule has 6 heteroatoms. The Morgan fingerprint density at radius 1 is 1.42 bits per heavy atom. The summed E-state index contributed by atoms with van der Waals surface area (Å²) >= 11 is 9.23. The number of aromatic nitrogens is 1. The lowest BCUT2D eigenvalue weighted by Gasteiger charge is -2.09. The number of pyridine rings is 1. The van der Waals surface area contributed by atoms with Gasteiger partial charge < -0.3 is 10.1 Å². The second-order valence-electron chi connectivity index (χ2n) is 3.84. The molecule has 0 saturated carbocycles. The van der Waals surface area contributed by atoms with E-state index >= 15 is 0 Å². The Kier molecular flexibility index (Phi) is 4.74. The molecule has 1 aromatic heterocycles. The fourth-order valence-electron chi connectivity index (χ4n) is 1.50. The van der Waals surface area contributed by atoms with Crippen LogP contribution in [0.15, 0.2) is 34.9 Å². The largest absolute Gasteiger partial charge is 0.434 e. The highest BCUT2D eigenvalue weighted by molar-refractivity contribution is 9.10. The Morgan fingerprint density at radius 3 is 2.84 bits per heavy atom. The van der Waals surface area contributed by atoms with E-state index in [0.717, 1.165) is 5.56 Å². The van der Waals surface area contributed by atoms with Gasteiger partial charge in [-0.15, -0.1) is 0 Å². The molecule has 0 aliphatic rings. The summed E-state index contributed by atoms with van der Waals surface area (Å²) in [6.45, 7) is 0.652. The molecular formula is C13H11BrClFN2O. The summed E-state index contributed by atoms with van der Waals surface area (Å²) in [6, 6.07) is 6.25. The van der Waals surface area contributed by atoms with Crippen LogP contribution in [0, 0.1) is 5.82 Å². The van der Waals surface area contributed by atoms with Crippen molar-refractivity contribution in [2.24, 2.45) is 0 Å². The molecule has 3 nitrogen and oxygen atoms in total. The predicted molar refractivity (Wildman–Crippen MR) is 76.2 cm³/mol. The average Bonchev–Trinajstić information content (AvgIpc) is 2.36. The van der Waals surface area contributed by atoms with Crippen molar-refractivity contribution >= 4 is 27.5 Å². The highest BCUT2D eigenvalue weighted by Gasteiger charge is 2.10. The molecule has 0 radical (unpaired) electrons. The third-order valence-electron chi connectivity index (χ3n) is 2.35. The summed E-state index contributed by atoms with van der Waals surface area (Å²) < 4.78 is 19.6. The van der Waals surface area contributed by atoms with Gasteiger partial charge in [0.2, 0.25) is 5.88 Å². The van der Waals surface area contributed by atoms with Gasteiger partial charge in [-0.05, 0) is 36.9 Å². The van der Waals surface area contributed by atoms with Crippen molar-refractivity contribution < 1.29 is 9.13 Å². The molecule has 0 amide bonds. The van der Waals surface area contributed by atoms with Gasteiger partial charge in [0.25, 0.3) is 0 Å². The maximum atomic E-state index is 13.6. The minimum Gasteiger partial charge on any atom is -0.434 e. The standard InChI is InChI=1S/C13H11BrClFN2O/c1-17-6-8-4-10(15)13(18-7-8)19-12-3-2-9(14)5-11(12)16/h2-5,7,17H,6H2,1H3. The Morgan fingerprint density at radius 2 is 2.21 bits per heavy atom. The van der Waals surface area contributed by atoms with E-state index in [0.29, 0.717) is 16.0 Å². The van der Waals surface area contributed by atoms with Crippen LogP contribution in [0.4, 0.5) is 4.39 Å². The molecule has 100 valence electrons. The number of halogens is 3. The van der Waals surface area contributed by atoms with Gasteiger partial charge in [0.05, 0.1) is 0 Å². The molecule has 19 heavy (non-hydrogen) atoms. The molecular weight excluding hydrogens is 335 g/mol. The molecule has 0 saturated heterocycles. The third kappa shape index (κ3) is 3.65. The Labute approximate surface area is 123 Å². The van der Waals surface area contributed by atoms with Crippen LogP contribution in [-0.2, 0) is 6.54 Å². The van der Waals surface area contributed by atoms with Gasteiger partial charge in [-0.2, -0.15) is 0 Å². The topological polar surface area (TPSA) is 34.2 Å². The van der Waals surface area contributed by atoms with E-state index in [-0.39, 0.29) is 11.6 Å². The Hall–Kier alpha value is -1.17. The first-order chi connectivity index (χ1) is 9.10. The van der Waals surface area contributed by atoms with Gasteiger partial charge in [-0.25, -0.2) is 9.37 Å². The summed E-state index contributed by atoms with van der Waals surface area (Å²) in [6.07, 6.45) is 1.63. The molecule has 0 bridgehead atoms. The lowest BCUT2D eigenvalue weighted by atomic mass is 10.3. The molecule has 0 atom stereocenters. The van der Waals surface area contributed by atoms with Crippen LogP contribution in [0.1, 0.15) is 5.56 Å². The average molecular weight is 346 g/mol. The van der Waals surface area contributed by atoms with Crippen LogP contribution in [0.25, 0.3) is 0 Å². The van der Waals surface area contributed by atoms with Gasteiger partial charge >= 0.3 is 0 Å². The van der Waals surface area contributed by atoms with Crippen molar-refractivity contribution in [3.8, 4) is 11.6 Å². The number of nitrogens with one attached hydrogen (secondary N) is 1. The number of hydrogen-bond donors (Lipinski definition) is 1. The highest BCUT2D eigenvalue weighted by Crippen LogP contribution is 2.30. The highest BCUT2D eigenvalue weighted by atomic mass is 79.9. The van der Waals surface area contributed by atoms with Crippen molar-refractivity contribution in [1.29, 1.82) is 0 Å². The van der Waals surface area contributed by atoms with Crippen molar-refractivity contribution in [1.82, 2.24) is 10.3 Å². The molecule has 0 aliphatic carbocycles. The maximum absolute atomic E-state index is 13.6. The summed E-state index contributed by atoms with van der Waals surface area (Å²) in [4.78, 5) is 4.08. The van der Waals surface area contributed by atoms with Crippen molar-refractivity contribution in [3.63, 3.8) is 0 Å². The molecule has 2 aromatic rings. The van der Waals surface area contributed by atoms with Crippen molar-refractivity contribution in [2.45, 2.75) is 6.54 Å². The van der Waals surface area contributed by atoms with Gasteiger partial charge in [-0.1, -0.05) is 27.5 Å². The minimum atomic E-state index is -0.480. The first-order valence-corrected chi connectivity index (χ1v) is 6.69. The lowest BCUT2D eigenvalue weighted by molar-refractivity contribution is 0.427. The molecule has 0 aliphatic heterocycles. The van der Waals surface area contributed by atoms with Gasteiger partial charge in [0.15, 0.2) is 11.6 Å². The van der Waals surface area contributed by atoms with E-state index in [9.17, 15) is 4.39 Å². The van der Waals surface area contributed by atoms with Crippen LogP contribution in [0.5, 0.6) is 11.6 Å². The van der Waals surface area contributed by atoms with Gasteiger partial charge in [-0.3, -0.25) is 0 Å². The SMILES string of the molecule is CNCc1cnc(Oc2ccc(Br)cc2F)c(Cl)c1. The molecule has 0 unspecified atom stereocenters. The monoisotopic (exact) mass is 344 g/mol. The fourth-order valence-corrected chi connectivity index (χ4v) is 2.06. The fraction of sp³-hybridized carbons (Fsp3) is 0.154. The molecule has 1 heterocycles. The second kappa shape index (κ2) is 6.32. The summed E-state index contributed by atoms with van der Waals surface area (Å²) in [5.74, 6) is -0.215. The third-order valence-corrected chi connectivity index (χ3v) is 3.11. The zero-order valence-electron chi connectivity index (χ0n) is 10.1. The number of hydrogen-bond acceptors (Lipinski definition) is 3. The van der Waals surface area contributed by atoms with Gasteiger partial charge in [0.1, 0.15) is 5.02 Å². The summed E-state index contributed by atoms with van der Waals surface area (Å²) in [7, 11) is 1.83. The van der Waals surface area contributed by atoms with Gasteiger partial charge in [0, 0.05) is 17.2 Å². The van der Waals surface area contributed by atoms with E-state index in [4.69, 9.17) is 16.3 Å². The molecule has 1 aromatic carbocycles. The molecule has 0 spiro atoms. The smallest absolute Gasteiger partial charge is 0.238 e. The zero-order valence-corrected chi connectivity index (χ0v) is 12.4. The number of nitrogens with zero attached hydrogens (tertiary/aromatic N) is 1. The quantitative estimate of drug-likeness (QED) is 0.904. The van der Waals surface area contributed by atoms with E-state index in [1.807, 2.05) is 7.05 Å². The normalized spacial score (nSPS) is 10.5. The van der Waals surface area contributed by atoms with E-state index in [2.05, 4.69) is 26.2 Å². The number of rotatable bonds is 4. The number of benzene rings is 1. The van der Waals surface area contributed by atoms with E-state index < -0.39 is 5.82 Å². The summed E-state index contributed by atoms with van der Waals surface area (Å²) in [5.41, 5.74) is 0.927. The Balaban J connectivity index is 2.23. The summed E-state index contributed by atoms with van der Waals surface area (Å²) in [5, 5.41) is 3.33. The van der Waals surface area contributed by atoms with Crippen LogP contribution in [-0.4, -0.2) is 12.0 Å². The Bertz CT molecular complexity index is 595. The maximum Gasteiger partial charge on any atom is 0.238 e. The van der Waals surface area contributed by atoms with Crippen molar-refractivity contribution in [3.05, 3.63) is 51.3 Å². The first-order valence-electron chi connectivity index (χ1n) is 5.52. The molecule has 1 N–H and O–H groups in total. The zero-order chi connectivity index (χ0) is 13.8.